The van der Waals surface area contributed by atoms with E-state index in [2.05, 4.69) is 14.9 Å². The summed E-state index contributed by atoms with van der Waals surface area (Å²) < 4.78 is 33.0. The molecule has 1 atom stereocenters. The highest BCUT2D eigenvalue weighted by Gasteiger charge is 2.25. The maximum absolute atomic E-state index is 12.4. The number of amides is 1. The van der Waals surface area contributed by atoms with Crippen LogP contribution in [-0.4, -0.2) is 48.6 Å². The van der Waals surface area contributed by atoms with Crippen LogP contribution in [-0.2, 0) is 10.0 Å². The fourth-order valence-corrected chi connectivity index (χ4v) is 5.13. The third kappa shape index (κ3) is 4.13. The second-order valence-corrected chi connectivity index (χ2v) is 9.20. The van der Waals surface area contributed by atoms with Gasteiger partial charge in [-0.15, -0.1) is 21.5 Å². The van der Waals surface area contributed by atoms with E-state index < -0.39 is 10.0 Å². The Balaban J connectivity index is 1.76. The lowest BCUT2D eigenvalue weighted by Crippen LogP contribution is -2.35. The third-order valence-electron chi connectivity index (χ3n) is 4.31. The largest absolute Gasteiger partial charge is 0.412 e. The molecule has 3 rings (SSSR count). The van der Waals surface area contributed by atoms with E-state index in [4.69, 9.17) is 4.42 Å². The summed E-state index contributed by atoms with van der Waals surface area (Å²) in [7, 11) is -3.58. The van der Waals surface area contributed by atoms with Gasteiger partial charge in [-0.1, -0.05) is 6.92 Å². The van der Waals surface area contributed by atoms with Gasteiger partial charge in [0.05, 0.1) is 5.56 Å². The van der Waals surface area contributed by atoms with Crippen LogP contribution in [0.15, 0.2) is 20.1 Å². The second kappa shape index (κ2) is 7.85. The van der Waals surface area contributed by atoms with E-state index in [-0.39, 0.29) is 27.9 Å². The molecule has 0 bridgehead atoms. The van der Waals surface area contributed by atoms with Crippen LogP contribution in [0.1, 0.15) is 50.2 Å². The predicted octanol–water partition coefficient (Wildman–Crippen LogP) is 2.50. The topological polar surface area (TPSA) is 105 Å². The Bertz CT molecular complexity index is 868. The van der Waals surface area contributed by atoms with E-state index in [1.54, 1.807) is 10.3 Å². The molecule has 0 radical (unpaired) electrons. The second-order valence-electron chi connectivity index (χ2n) is 6.35. The molecule has 1 fully saturated rings. The smallest absolute Gasteiger partial charge is 0.311 e. The van der Waals surface area contributed by atoms with Crippen molar-refractivity contribution >= 4 is 27.3 Å². The first-order chi connectivity index (χ1) is 12.4. The molecule has 0 spiro atoms. The molecule has 0 aliphatic carbocycles. The van der Waals surface area contributed by atoms with Crippen LogP contribution >= 0.6 is 11.3 Å². The van der Waals surface area contributed by atoms with Gasteiger partial charge in [0.1, 0.15) is 4.21 Å². The maximum atomic E-state index is 12.4. The van der Waals surface area contributed by atoms with Gasteiger partial charge in [0.15, 0.2) is 0 Å². The Hall–Kier alpha value is -1.78. The number of sulfonamides is 1. The molecule has 2 aromatic rings. The Morgan fingerprint density at radius 2 is 2.08 bits per heavy atom. The van der Waals surface area contributed by atoms with Crippen molar-refractivity contribution in [2.24, 2.45) is 0 Å². The number of likely N-dealkylation sites (tertiary alicyclic amines) is 1. The molecular formula is C16H22N4O4S2. The summed E-state index contributed by atoms with van der Waals surface area (Å²) >= 11 is 1.08. The molecule has 1 amide bonds. The highest BCUT2D eigenvalue weighted by Crippen LogP contribution is 2.28. The lowest BCUT2D eigenvalue weighted by Gasteiger charge is -2.24. The number of hydrogen-bond donors (Lipinski definition) is 1. The molecule has 1 aliphatic rings. The predicted molar refractivity (Wildman–Crippen MR) is 97.4 cm³/mol. The fraction of sp³-hybridized carbons (Fsp3) is 0.562. The molecule has 8 nitrogen and oxygen atoms in total. The normalized spacial score (nSPS) is 16.6. The molecule has 2 aromatic heterocycles. The Morgan fingerprint density at radius 1 is 1.35 bits per heavy atom. The zero-order chi connectivity index (χ0) is 18.7. The maximum Gasteiger partial charge on any atom is 0.311 e. The Kier molecular flexibility index (Phi) is 5.73. The van der Waals surface area contributed by atoms with Crippen LogP contribution in [0.3, 0.4) is 0 Å². The average molecular weight is 399 g/mol. The van der Waals surface area contributed by atoms with Crippen LogP contribution in [0, 0.1) is 0 Å². The average Bonchev–Trinajstić information content (AvgIpc) is 3.31. The Labute approximate surface area is 156 Å². The van der Waals surface area contributed by atoms with Gasteiger partial charge in [-0.3, -0.25) is 4.79 Å². The minimum atomic E-state index is -3.58. The van der Waals surface area contributed by atoms with Gasteiger partial charge < -0.3 is 9.32 Å². The molecule has 3 heterocycles. The van der Waals surface area contributed by atoms with Gasteiger partial charge in [-0.25, -0.2) is 13.1 Å². The quantitative estimate of drug-likeness (QED) is 0.801. The van der Waals surface area contributed by atoms with Gasteiger partial charge in [-0.05, 0) is 38.7 Å². The molecule has 1 N–H and O–H groups in total. The number of aromatic nitrogens is 2. The van der Waals surface area contributed by atoms with Crippen molar-refractivity contribution in [1.29, 1.82) is 0 Å². The molecular weight excluding hydrogens is 376 g/mol. The number of hydrogen-bond acceptors (Lipinski definition) is 7. The first-order valence-corrected chi connectivity index (χ1v) is 11.0. The number of thiophene rings is 1. The molecule has 0 aromatic carbocycles. The van der Waals surface area contributed by atoms with Crippen molar-refractivity contribution in [3.8, 4) is 11.5 Å². The highest BCUT2D eigenvalue weighted by molar-refractivity contribution is 7.91. The van der Waals surface area contributed by atoms with E-state index in [1.165, 1.54) is 6.07 Å². The van der Waals surface area contributed by atoms with E-state index >= 15 is 0 Å². The number of rotatable bonds is 6. The summed E-state index contributed by atoms with van der Waals surface area (Å²) in [6, 6.07) is 1.33. The summed E-state index contributed by atoms with van der Waals surface area (Å²) in [5, 5.41) is 9.37. The van der Waals surface area contributed by atoms with Gasteiger partial charge in [0.2, 0.25) is 15.9 Å². The monoisotopic (exact) mass is 398 g/mol. The van der Waals surface area contributed by atoms with E-state index in [0.29, 0.717) is 25.1 Å². The van der Waals surface area contributed by atoms with Crippen LogP contribution in [0.4, 0.5) is 0 Å². The third-order valence-corrected chi connectivity index (χ3v) is 7.34. The Morgan fingerprint density at radius 3 is 2.77 bits per heavy atom. The van der Waals surface area contributed by atoms with Crippen LogP contribution in [0.5, 0.6) is 0 Å². The molecule has 1 saturated heterocycles. The van der Waals surface area contributed by atoms with Crippen LogP contribution in [0.25, 0.3) is 11.5 Å². The number of piperidine rings is 1. The van der Waals surface area contributed by atoms with Gasteiger partial charge >= 0.3 is 11.8 Å². The standard InChI is InChI=1S/C16H22N4O4S2/c1-3-11(2)19-26(22,23)13-9-12(10-25-13)14-17-18-15(24-14)16(21)20-7-5-4-6-8-20/h9-11,19H,3-8H2,1-2H3/t11-/m1/s1. The summed E-state index contributed by atoms with van der Waals surface area (Å²) in [6.45, 7) is 5.10. The van der Waals surface area contributed by atoms with Crippen molar-refractivity contribution in [3.63, 3.8) is 0 Å². The van der Waals surface area contributed by atoms with Crippen molar-refractivity contribution in [1.82, 2.24) is 19.8 Å². The van der Waals surface area contributed by atoms with Crippen molar-refractivity contribution in [2.45, 2.75) is 49.8 Å². The molecule has 10 heteroatoms. The molecule has 26 heavy (non-hydrogen) atoms. The number of carbonyl (C=O) groups excluding carboxylic acids is 1. The minimum Gasteiger partial charge on any atom is -0.412 e. The van der Waals surface area contributed by atoms with Gasteiger partial charge in [0.25, 0.3) is 0 Å². The molecule has 0 unspecified atom stereocenters. The van der Waals surface area contributed by atoms with Gasteiger partial charge in [-0.2, -0.15) is 0 Å². The SMILES string of the molecule is CC[C@@H](C)NS(=O)(=O)c1cc(-c2nnc(C(=O)N3CCCCC3)o2)cs1. The number of nitrogens with zero attached hydrogens (tertiary/aromatic N) is 3. The van der Waals surface area contributed by atoms with E-state index in [9.17, 15) is 13.2 Å². The van der Waals surface area contributed by atoms with Crippen molar-refractivity contribution in [2.75, 3.05) is 13.1 Å². The minimum absolute atomic E-state index is 0.0600. The summed E-state index contributed by atoms with van der Waals surface area (Å²) in [5.41, 5.74) is 0.490. The summed E-state index contributed by atoms with van der Waals surface area (Å²) in [4.78, 5) is 14.1. The lowest BCUT2D eigenvalue weighted by atomic mass is 10.1. The zero-order valence-electron chi connectivity index (χ0n) is 14.8. The van der Waals surface area contributed by atoms with E-state index in [1.807, 2.05) is 13.8 Å². The highest BCUT2D eigenvalue weighted by atomic mass is 32.2. The number of carbonyl (C=O) groups is 1. The van der Waals surface area contributed by atoms with Crippen LogP contribution < -0.4 is 4.72 Å². The van der Waals surface area contributed by atoms with Crippen LogP contribution in [0.2, 0.25) is 0 Å². The van der Waals surface area contributed by atoms with Crippen molar-refractivity contribution in [3.05, 3.63) is 17.3 Å². The zero-order valence-corrected chi connectivity index (χ0v) is 16.4. The summed E-state index contributed by atoms with van der Waals surface area (Å²) in [6.07, 6.45) is 3.77. The van der Waals surface area contributed by atoms with Crippen molar-refractivity contribution < 1.29 is 17.6 Å². The summed E-state index contributed by atoms with van der Waals surface area (Å²) in [5.74, 6) is -0.188. The molecule has 1 aliphatic heterocycles. The van der Waals surface area contributed by atoms with Gasteiger partial charge in [0, 0.05) is 24.5 Å². The van der Waals surface area contributed by atoms with E-state index in [0.717, 1.165) is 30.6 Å². The molecule has 0 saturated carbocycles. The first-order valence-electron chi connectivity index (χ1n) is 8.64. The fourth-order valence-electron chi connectivity index (χ4n) is 2.63. The first kappa shape index (κ1) is 19.0. The number of nitrogens with one attached hydrogen (secondary N) is 1. The lowest BCUT2D eigenvalue weighted by molar-refractivity contribution is 0.0684. The molecule has 142 valence electrons.